The topological polar surface area (TPSA) is 25.8 Å². The summed E-state index contributed by atoms with van der Waals surface area (Å²) >= 11 is 0. The van der Waals surface area contributed by atoms with Crippen molar-refractivity contribution in [2.75, 3.05) is 0 Å². The molecule has 2 nitrogen and oxygen atoms in total. The third kappa shape index (κ3) is 1.03. The van der Waals surface area contributed by atoms with E-state index in [9.17, 15) is 4.39 Å². The van der Waals surface area contributed by atoms with Gasteiger partial charge in [-0.05, 0) is 18.6 Å². The second kappa shape index (κ2) is 2.52. The summed E-state index contributed by atoms with van der Waals surface area (Å²) in [5.41, 5.74) is 2.19. The van der Waals surface area contributed by atoms with Gasteiger partial charge in [0.15, 0.2) is 0 Å². The number of hydrogen-bond donors (Lipinski definition) is 0. The molecule has 0 aliphatic carbocycles. The first-order chi connectivity index (χ1) is 5.77. The Morgan fingerprint density at radius 1 is 1.17 bits per heavy atom. The third-order valence-corrected chi connectivity index (χ3v) is 1.73. The Balaban J connectivity index is 2.89. The van der Waals surface area contributed by atoms with Crippen LogP contribution < -0.4 is 0 Å². The number of hydrogen-bond acceptors (Lipinski definition) is 2. The molecule has 2 aromatic rings. The van der Waals surface area contributed by atoms with Crippen LogP contribution in [0.2, 0.25) is 0 Å². The van der Waals surface area contributed by atoms with Crippen LogP contribution in [0.25, 0.3) is 11.0 Å². The Morgan fingerprint density at radius 3 is 2.75 bits per heavy atom. The molecule has 0 fully saturated rings. The van der Waals surface area contributed by atoms with E-state index in [0.717, 1.165) is 11.1 Å². The van der Waals surface area contributed by atoms with Crippen LogP contribution in [0.4, 0.5) is 4.39 Å². The van der Waals surface area contributed by atoms with Crippen LogP contribution >= 0.6 is 0 Å². The molecular weight excluding hydrogens is 155 g/mol. The lowest BCUT2D eigenvalue weighted by Crippen LogP contribution is -1.87. The molecule has 0 spiro atoms. The van der Waals surface area contributed by atoms with Crippen molar-refractivity contribution in [3.8, 4) is 0 Å². The van der Waals surface area contributed by atoms with E-state index in [0.29, 0.717) is 5.52 Å². The zero-order chi connectivity index (χ0) is 8.55. The smallest absolute Gasteiger partial charge is 0.125 e. The number of aromatic nitrogens is 2. The van der Waals surface area contributed by atoms with E-state index in [-0.39, 0.29) is 5.82 Å². The number of fused-ring (bicyclic) bond motifs is 1. The molecule has 1 aromatic carbocycles. The van der Waals surface area contributed by atoms with Gasteiger partial charge in [0.25, 0.3) is 0 Å². The molecule has 0 unspecified atom stereocenters. The van der Waals surface area contributed by atoms with Gasteiger partial charge in [0.2, 0.25) is 0 Å². The molecule has 2 rings (SSSR count). The van der Waals surface area contributed by atoms with Crippen LogP contribution in [0, 0.1) is 12.7 Å². The maximum absolute atomic E-state index is 12.8. The fourth-order valence-electron chi connectivity index (χ4n) is 1.21. The second-order valence-corrected chi connectivity index (χ2v) is 2.65. The van der Waals surface area contributed by atoms with E-state index in [1.165, 1.54) is 12.1 Å². The van der Waals surface area contributed by atoms with Crippen molar-refractivity contribution < 1.29 is 4.39 Å². The van der Waals surface area contributed by atoms with E-state index >= 15 is 0 Å². The van der Waals surface area contributed by atoms with Crippen molar-refractivity contribution >= 4 is 11.0 Å². The molecule has 3 heteroatoms. The highest BCUT2D eigenvalue weighted by Gasteiger charge is 2.00. The largest absolute Gasteiger partial charge is 0.253 e. The van der Waals surface area contributed by atoms with E-state index in [4.69, 9.17) is 0 Å². The molecule has 0 bridgehead atoms. The fourth-order valence-corrected chi connectivity index (χ4v) is 1.21. The summed E-state index contributed by atoms with van der Waals surface area (Å²) in [6, 6.07) is 2.84. The minimum absolute atomic E-state index is 0.263. The monoisotopic (exact) mass is 162 g/mol. The van der Waals surface area contributed by atoms with Gasteiger partial charge in [-0.15, -0.1) is 0 Å². The minimum Gasteiger partial charge on any atom is -0.253 e. The first-order valence-corrected chi connectivity index (χ1v) is 3.64. The molecule has 0 radical (unpaired) electrons. The standard InChI is InChI=1S/C9H7FN2/c1-6-4-7(10)5-8-9(6)12-3-2-11-8/h2-5H,1H3. The molecule has 1 aromatic heterocycles. The summed E-state index contributed by atoms with van der Waals surface area (Å²) in [6.45, 7) is 1.82. The summed E-state index contributed by atoms with van der Waals surface area (Å²) < 4.78 is 12.8. The van der Waals surface area contributed by atoms with Crippen molar-refractivity contribution in [2.45, 2.75) is 6.92 Å². The Kier molecular flexibility index (Phi) is 1.50. The molecular formula is C9H7FN2. The van der Waals surface area contributed by atoms with E-state index in [1.807, 2.05) is 6.92 Å². The quantitative estimate of drug-likeness (QED) is 0.592. The lowest BCUT2D eigenvalue weighted by molar-refractivity contribution is 0.628. The average molecular weight is 162 g/mol. The number of benzene rings is 1. The summed E-state index contributed by atoms with van der Waals surface area (Å²) in [7, 11) is 0. The van der Waals surface area contributed by atoms with Gasteiger partial charge in [-0.25, -0.2) is 4.39 Å². The fraction of sp³-hybridized carbons (Fsp3) is 0.111. The number of rotatable bonds is 0. The predicted molar refractivity (Wildman–Crippen MR) is 44.2 cm³/mol. The Labute approximate surface area is 69.1 Å². The van der Waals surface area contributed by atoms with Gasteiger partial charge in [-0.1, -0.05) is 0 Å². The highest BCUT2D eigenvalue weighted by Crippen LogP contribution is 2.14. The van der Waals surface area contributed by atoms with Crippen molar-refractivity contribution in [3.05, 3.63) is 35.9 Å². The zero-order valence-corrected chi connectivity index (χ0v) is 6.58. The van der Waals surface area contributed by atoms with Gasteiger partial charge in [0.05, 0.1) is 11.0 Å². The second-order valence-electron chi connectivity index (χ2n) is 2.65. The summed E-state index contributed by atoms with van der Waals surface area (Å²) in [6.07, 6.45) is 3.16. The predicted octanol–water partition coefficient (Wildman–Crippen LogP) is 2.08. The van der Waals surface area contributed by atoms with Crippen LogP contribution in [-0.4, -0.2) is 9.97 Å². The van der Waals surface area contributed by atoms with Crippen LogP contribution in [0.3, 0.4) is 0 Å². The van der Waals surface area contributed by atoms with Crippen LogP contribution in [-0.2, 0) is 0 Å². The van der Waals surface area contributed by atoms with Gasteiger partial charge >= 0.3 is 0 Å². The first-order valence-electron chi connectivity index (χ1n) is 3.64. The molecule has 0 aliphatic heterocycles. The lowest BCUT2D eigenvalue weighted by atomic mass is 10.2. The van der Waals surface area contributed by atoms with Crippen molar-refractivity contribution in [1.29, 1.82) is 0 Å². The summed E-state index contributed by atoms with van der Waals surface area (Å²) in [4.78, 5) is 8.09. The molecule has 0 saturated heterocycles. The van der Waals surface area contributed by atoms with Gasteiger partial charge in [0, 0.05) is 18.5 Å². The molecule has 0 aliphatic rings. The summed E-state index contributed by atoms with van der Waals surface area (Å²) in [5.74, 6) is -0.263. The van der Waals surface area contributed by atoms with Gasteiger partial charge < -0.3 is 0 Å². The highest BCUT2D eigenvalue weighted by molar-refractivity contribution is 5.77. The molecule has 12 heavy (non-hydrogen) atoms. The van der Waals surface area contributed by atoms with Gasteiger partial charge in [0.1, 0.15) is 5.82 Å². The van der Waals surface area contributed by atoms with E-state index in [2.05, 4.69) is 9.97 Å². The number of halogens is 1. The Morgan fingerprint density at radius 2 is 1.92 bits per heavy atom. The number of nitrogens with zero attached hydrogens (tertiary/aromatic N) is 2. The minimum atomic E-state index is -0.263. The van der Waals surface area contributed by atoms with Crippen molar-refractivity contribution in [3.63, 3.8) is 0 Å². The molecule has 0 saturated carbocycles. The van der Waals surface area contributed by atoms with Crippen molar-refractivity contribution in [1.82, 2.24) is 9.97 Å². The SMILES string of the molecule is Cc1cc(F)cc2nccnc12. The molecule has 0 N–H and O–H groups in total. The Hall–Kier alpha value is -1.51. The van der Waals surface area contributed by atoms with E-state index in [1.54, 1.807) is 12.4 Å². The number of aryl methyl sites for hydroxylation is 1. The lowest BCUT2D eigenvalue weighted by Gasteiger charge is -1.98. The normalized spacial score (nSPS) is 10.5. The van der Waals surface area contributed by atoms with Crippen LogP contribution in [0.1, 0.15) is 5.56 Å². The Bertz CT molecular complexity index is 426. The molecule has 1 heterocycles. The maximum atomic E-state index is 12.8. The van der Waals surface area contributed by atoms with Crippen molar-refractivity contribution in [2.24, 2.45) is 0 Å². The molecule has 60 valence electrons. The van der Waals surface area contributed by atoms with E-state index < -0.39 is 0 Å². The zero-order valence-electron chi connectivity index (χ0n) is 6.58. The van der Waals surface area contributed by atoms with Gasteiger partial charge in [-0.2, -0.15) is 0 Å². The highest BCUT2D eigenvalue weighted by atomic mass is 19.1. The third-order valence-electron chi connectivity index (χ3n) is 1.73. The van der Waals surface area contributed by atoms with Crippen LogP contribution in [0.15, 0.2) is 24.5 Å². The molecule has 0 amide bonds. The van der Waals surface area contributed by atoms with Crippen LogP contribution in [0.5, 0.6) is 0 Å². The van der Waals surface area contributed by atoms with Gasteiger partial charge in [-0.3, -0.25) is 9.97 Å². The maximum Gasteiger partial charge on any atom is 0.125 e. The average Bonchev–Trinajstić information content (AvgIpc) is 2.04. The first kappa shape index (κ1) is 7.16. The summed E-state index contributed by atoms with van der Waals surface area (Å²) in [5, 5.41) is 0. The molecule has 0 atom stereocenters.